The molecule has 0 spiro atoms. The van der Waals surface area contributed by atoms with Crippen LogP contribution in [0.2, 0.25) is 0 Å². The van der Waals surface area contributed by atoms with E-state index < -0.39 is 6.36 Å². The van der Waals surface area contributed by atoms with Crippen LogP contribution >= 0.6 is 24.8 Å². The molecule has 1 unspecified atom stereocenters. The molecule has 1 saturated heterocycles. The van der Waals surface area contributed by atoms with Gasteiger partial charge in [-0.3, -0.25) is 4.79 Å². The molecule has 1 heterocycles. The van der Waals surface area contributed by atoms with E-state index in [4.69, 9.17) is 5.73 Å². The number of ether oxygens (including phenoxy) is 1. The molecule has 132 valence electrons. The molecule has 10 heteroatoms. The average Bonchev–Trinajstić information content (AvgIpc) is 2.85. The van der Waals surface area contributed by atoms with Crippen molar-refractivity contribution in [1.29, 1.82) is 0 Å². The number of carbonyl (C=O) groups is 1. The lowest BCUT2D eigenvalue weighted by Gasteiger charge is -2.20. The number of anilines is 1. The molecule has 1 aromatic carbocycles. The Balaban J connectivity index is 0.00000242. The highest BCUT2D eigenvalue weighted by molar-refractivity contribution is 5.85. The van der Waals surface area contributed by atoms with Crippen LogP contribution in [0.25, 0.3) is 0 Å². The van der Waals surface area contributed by atoms with Gasteiger partial charge in [-0.15, -0.1) is 38.0 Å². The second kappa shape index (κ2) is 9.05. The zero-order chi connectivity index (χ0) is 15.5. The van der Waals surface area contributed by atoms with Gasteiger partial charge in [-0.25, -0.2) is 0 Å². The van der Waals surface area contributed by atoms with Crippen molar-refractivity contribution in [2.75, 3.05) is 24.5 Å². The van der Waals surface area contributed by atoms with Crippen LogP contribution in [-0.4, -0.2) is 37.9 Å². The van der Waals surface area contributed by atoms with Crippen LogP contribution < -0.4 is 20.7 Å². The Hall–Kier alpha value is -1.38. The molecular weight excluding hydrogens is 358 g/mol. The van der Waals surface area contributed by atoms with Gasteiger partial charge in [-0.05, 0) is 18.6 Å². The van der Waals surface area contributed by atoms with E-state index in [0.717, 1.165) is 6.42 Å². The van der Waals surface area contributed by atoms with Crippen molar-refractivity contribution >= 4 is 36.4 Å². The zero-order valence-corrected chi connectivity index (χ0v) is 13.6. The number of benzene rings is 1. The third-order valence-electron chi connectivity index (χ3n) is 3.16. The maximum Gasteiger partial charge on any atom is 0.573 e. The normalized spacial score (nSPS) is 17.0. The van der Waals surface area contributed by atoms with Gasteiger partial charge in [0.25, 0.3) is 0 Å². The van der Waals surface area contributed by atoms with Crippen molar-refractivity contribution in [2.45, 2.75) is 18.8 Å². The summed E-state index contributed by atoms with van der Waals surface area (Å²) in [6, 6.07) is 5.74. The second-order valence-corrected chi connectivity index (χ2v) is 4.75. The van der Waals surface area contributed by atoms with E-state index in [2.05, 4.69) is 10.1 Å². The Bertz CT molecular complexity index is 517. The molecule has 1 fully saturated rings. The highest BCUT2D eigenvalue weighted by Crippen LogP contribution is 2.28. The first-order valence-electron chi connectivity index (χ1n) is 6.47. The summed E-state index contributed by atoms with van der Waals surface area (Å²) in [5.41, 5.74) is 5.85. The van der Waals surface area contributed by atoms with E-state index in [1.807, 2.05) is 4.90 Å². The van der Waals surface area contributed by atoms with Crippen molar-refractivity contribution in [2.24, 2.45) is 5.73 Å². The smallest absolute Gasteiger partial charge is 0.406 e. The molecule has 0 aromatic heterocycles. The van der Waals surface area contributed by atoms with Crippen LogP contribution in [-0.2, 0) is 4.79 Å². The highest BCUT2D eigenvalue weighted by atomic mass is 35.5. The number of alkyl halides is 3. The van der Waals surface area contributed by atoms with E-state index in [1.54, 1.807) is 6.07 Å². The summed E-state index contributed by atoms with van der Waals surface area (Å²) < 4.78 is 40.5. The minimum Gasteiger partial charge on any atom is -0.406 e. The number of amides is 1. The largest absolute Gasteiger partial charge is 0.573 e. The maximum absolute atomic E-state index is 12.2. The van der Waals surface area contributed by atoms with Gasteiger partial charge in [-0.1, -0.05) is 6.07 Å². The van der Waals surface area contributed by atoms with E-state index >= 15 is 0 Å². The van der Waals surface area contributed by atoms with Crippen molar-refractivity contribution in [3.63, 3.8) is 0 Å². The lowest BCUT2D eigenvalue weighted by molar-refractivity contribution is -0.274. The summed E-state index contributed by atoms with van der Waals surface area (Å²) in [5.74, 6) is -0.495. The summed E-state index contributed by atoms with van der Waals surface area (Å²) >= 11 is 0. The first-order chi connectivity index (χ1) is 9.87. The maximum atomic E-state index is 12.2. The zero-order valence-electron chi connectivity index (χ0n) is 12.0. The Kier molecular flexibility index (Phi) is 8.50. The standard InChI is InChI=1S/C13H16F3N3O2.2ClH/c14-13(15,16)21-11-3-1-2-10(6-11)19-5-4-9(8-19)18-12(20)7-17;;/h1-3,6,9H,4-5,7-8,17H2,(H,18,20);2*1H. The average molecular weight is 376 g/mol. The summed E-state index contributed by atoms with van der Waals surface area (Å²) in [6.45, 7) is 1.09. The molecule has 2 rings (SSSR count). The number of hydrogen-bond acceptors (Lipinski definition) is 4. The van der Waals surface area contributed by atoms with Crippen molar-refractivity contribution < 1.29 is 22.7 Å². The molecule has 1 aromatic rings. The summed E-state index contributed by atoms with van der Waals surface area (Å²) in [5, 5.41) is 2.76. The fourth-order valence-electron chi connectivity index (χ4n) is 2.28. The number of carbonyl (C=O) groups excluding carboxylic acids is 1. The number of nitrogens with two attached hydrogens (primary N) is 1. The molecule has 5 nitrogen and oxygen atoms in total. The van der Waals surface area contributed by atoms with E-state index in [1.165, 1.54) is 18.2 Å². The third kappa shape index (κ3) is 6.72. The predicted octanol–water partition coefficient (Wildman–Crippen LogP) is 2.08. The van der Waals surface area contributed by atoms with Gasteiger partial charge in [0, 0.05) is 30.9 Å². The highest BCUT2D eigenvalue weighted by Gasteiger charge is 2.31. The Morgan fingerprint density at radius 3 is 2.70 bits per heavy atom. The molecule has 0 radical (unpaired) electrons. The summed E-state index contributed by atoms with van der Waals surface area (Å²) in [6.07, 6.45) is -3.99. The van der Waals surface area contributed by atoms with Gasteiger partial charge < -0.3 is 20.7 Å². The van der Waals surface area contributed by atoms with E-state index in [-0.39, 0.29) is 49.1 Å². The Morgan fingerprint density at radius 2 is 2.09 bits per heavy atom. The topological polar surface area (TPSA) is 67.6 Å². The van der Waals surface area contributed by atoms with Crippen molar-refractivity contribution in [3.05, 3.63) is 24.3 Å². The second-order valence-electron chi connectivity index (χ2n) is 4.75. The number of nitrogens with zero attached hydrogens (tertiary/aromatic N) is 1. The molecule has 23 heavy (non-hydrogen) atoms. The van der Waals surface area contributed by atoms with Crippen molar-refractivity contribution in [3.8, 4) is 5.75 Å². The molecule has 0 bridgehead atoms. The van der Waals surface area contributed by atoms with Crippen LogP contribution in [0.5, 0.6) is 5.75 Å². The third-order valence-corrected chi connectivity index (χ3v) is 3.16. The Morgan fingerprint density at radius 1 is 1.39 bits per heavy atom. The SMILES string of the molecule is Cl.Cl.NCC(=O)NC1CCN(c2cccc(OC(F)(F)F)c2)C1. The molecule has 0 saturated carbocycles. The summed E-state index contributed by atoms with van der Waals surface area (Å²) in [7, 11) is 0. The van der Waals surface area contributed by atoms with Gasteiger partial charge in [-0.2, -0.15) is 0 Å². The fraction of sp³-hybridized carbons (Fsp3) is 0.462. The first kappa shape index (κ1) is 21.6. The molecule has 1 atom stereocenters. The molecule has 0 aliphatic carbocycles. The molecular formula is C13H18Cl2F3N3O2. The van der Waals surface area contributed by atoms with Crippen LogP contribution in [0.1, 0.15) is 6.42 Å². The molecule has 1 aliphatic rings. The fourth-order valence-corrected chi connectivity index (χ4v) is 2.28. The lowest BCUT2D eigenvalue weighted by atomic mass is 10.2. The minimum absolute atomic E-state index is 0. The van der Waals surface area contributed by atoms with Gasteiger partial charge in [0.1, 0.15) is 5.75 Å². The van der Waals surface area contributed by atoms with E-state index in [0.29, 0.717) is 18.8 Å². The van der Waals surface area contributed by atoms with E-state index in [9.17, 15) is 18.0 Å². The quantitative estimate of drug-likeness (QED) is 0.845. The first-order valence-corrected chi connectivity index (χ1v) is 6.47. The number of rotatable bonds is 4. The van der Waals surface area contributed by atoms with Gasteiger partial charge in [0.2, 0.25) is 5.91 Å². The number of hydrogen-bond donors (Lipinski definition) is 2. The van der Waals surface area contributed by atoms with Crippen LogP contribution in [0.4, 0.5) is 18.9 Å². The summed E-state index contributed by atoms with van der Waals surface area (Å²) in [4.78, 5) is 13.1. The molecule has 3 N–H and O–H groups in total. The van der Waals surface area contributed by atoms with Crippen molar-refractivity contribution in [1.82, 2.24) is 5.32 Å². The van der Waals surface area contributed by atoms with Gasteiger partial charge in [0.05, 0.1) is 6.54 Å². The lowest BCUT2D eigenvalue weighted by Crippen LogP contribution is -2.40. The molecule has 1 amide bonds. The monoisotopic (exact) mass is 375 g/mol. The van der Waals surface area contributed by atoms with Crippen LogP contribution in [0.3, 0.4) is 0 Å². The minimum atomic E-state index is -4.71. The predicted molar refractivity (Wildman–Crippen MR) is 85.4 cm³/mol. The van der Waals surface area contributed by atoms with Gasteiger partial charge in [0.15, 0.2) is 0 Å². The van der Waals surface area contributed by atoms with Gasteiger partial charge >= 0.3 is 6.36 Å². The van der Waals surface area contributed by atoms with Crippen LogP contribution in [0.15, 0.2) is 24.3 Å². The number of nitrogens with one attached hydrogen (secondary N) is 1. The number of halogens is 5. The Labute approximate surface area is 144 Å². The van der Waals surface area contributed by atoms with Crippen LogP contribution in [0, 0.1) is 0 Å². The molecule has 1 aliphatic heterocycles.